The van der Waals surface area contributed by atoms with Crippen LogP contribution in [0, 0.1) is 0 Å². The summed E-state index contributed by atoms with van der Waals surface area (Å²) in [6, 6.07) is 18.2. The summed E-state index contributed by atoms with van der Waals surface area (Å²) >= 11 is 3.65. The highest BCUT2D eigenvalue weighted by Gasteiger charge is 2.19. The molecule has 0 aromatic heterocycles. The second kappa shape index (κ2) is 9.59. The SMILES string of the molecule is O=C(Nc1ccc(SC(F)F)cc1)c1ccccc1NS(=O)(=O)c1ccc(Br)cc1. The molecule has 0 fully saturated rings. The lowest BCUT2D eigenvalue weighted by molar-refractivity contribution is 0.102. The summed E-state index contributed by atoms with van der Waals surface area (Å²) in [5, 5.41) is 2.64. The predicted molar refractivity (Wildman–Crippen MR) is 118 cm³/mol. The van der Waals surface area contributed by atoms with Gasteiger partial charge in [0.15, 0.2) is 0 Å². The van der Waals surface area contributed by atoms with E-state index in [9.17, 15) is 22.0 Å². The van der Waals surface area contributed by atoms with Crippen LogP contribution in [0.4, 0.5) is 20.2 Å². The number of amides is 1. The standard InChI is InChI=1S/C20H15BrF2N2O3S2/c21-13-5-11-16(12-6-13)30(27,28)25-18-4-2-1-3-17(18)19(26)24-14-7-9-15(10-8-14)29-20(22)23/h1-12,20,25H,(H,24,26). The third-order valence-electron chi connectivity index (χ3n) is 3.88. The number of carbonyl (C=O) groups excluding carboxylic acids is 1. The molecule has 0 atom stereocenters. The summed E-state index contributed by atoms with van der Waals surface area (Å²) in [6.07, 6.45) is 0. The van der Waals surface area contributed by atoms with E-state index in [1.165, 1.54) is 48.5 Å². The molecule has 3 aromatic rings. The lowest BCUT2D eigenvalue weighted by Crippen LogP contribution is -2.18. The van der Waals surface area contributed by atoms with E-state index in [0.29, 0.717) is 22.3 Å². The van der Waals surface area contributed by atoms with Crippen molar-refractivity contribution in [2.45, 2.75) is 15.5 Å². The Morgan fingerprint density at radius 3 is 2.20 bits per heavy atom. The number of rotatable bonds is 7. The quantitative estimate of drug-likeness (QED) is 0.391. The number of halogens is 3. The van der Waals surface area contributed by atoms with Crippen LogP contribution in [0.15, 0.2) is 87.1 Å². The van der Waals surface area contributed by atoms with Crippen molar-refractivity contribution in [3.8, 4) is 0 Å². The van der Waals surface area contributed by atoms with Gasteiger partial charge in [-0.3, -0.25) is 9.52 Å². The van der Waals surface area contributed by atoms with Gasteiger partial charge in [-0.1, -0.05) is 39.8 Å². The minimum atomic E-state index is -3.90. The first kappa shape index (κ1) is 22.3. The molecule has 5 nitrogen and oxygen atoms in total. The number of carbonyl (C=O) groups is 1. The van der Waals surface area contributed by atoms with Crippen LogP contribution < -0.4 is 10.0 Å². The van der Waals surface area contributed by atoms with Crippen molar-refractivity contribution in [3.63, 3.8) is 0 Å². The van der Waals surface area contributed by atoms with E-state index >= 15 is 0 Å². The summed E-state index contributed by atoms with van der Waals surface area (Å²) in [4.78, 5) is 13.1. The molecule has 30 heavy (non-hydrogen) atoms. The number of hydrogen-bond acceptors (Lipinski definition) is 4. The number of thioether (sulfide) groups is 1. The van der Waals surface area contributed by atoms with E-state index in [1.54, 1.807) is 24.3 Å². The van der Waals surface area contributed by atoms with E-state index in [4.69, 9.17) is 0 Å². The zero-order valence-electron chi connectivity index (χ0n) is 15.2. The van der Waals surface area contributed by atoms with Gasteiger partial charge < -0.3 is 5.32 Å². The summed E-state index contributed by atoms with van der Waals surface area (Å²) in [5.41, 5.74) is 0.621. The highest BCUT2D eigenvalue weighted by molar-refractivity contribution is 9.10. The second-order valence-corrected chi connectivity index (χ2v) is 9.62. The smallest absolute Gasteiger partial charge is 0.288 e. The molecule has 0 spiro atoms. The maximum Gasteiger partial charge on any atom is 0.288 e. The fourth-order valence-electron chi connectivity index (χ4n) is 2.51. The first-order valence-corrected chi connectivity index (χ1v) is 11.6. The molecule has 0 unspecified atom stereocenters. The normalized spacial score (nSPS) is 11.3. The molecule has 0 saturated heterocycles. The van der Waals surface area contributed by atoms with Crippen LogP contribution in [-0.2, 0) is 10.0 Å². The first-order valence-electron chi connectivity index (χ1n) is 8.48. The third kappa shape index (κ3) is 5.80. The largest absolute Gasteiger partial charge is 0.322 e. The minimum absolute atomic E-state index is 0.0491. The maximum absolute atomic E-state index is 12.7. The molecular formula is C20H15BrF2N2O3S2. The third-order valence-corrected chi connectivity index (χ3v) is 6.51. The van der Waals surface area contributed by atoms with Crippen molar-refractivity contribution in [3.05, 3.63) is 82.8 Å². The van der Waals surface area contributed by atoms with E-state index in [1.807, 2.05) is 0 Å². The van der Waals surface area contributed by atoms with Crippen LogP contribution in [0.2, 0.25) is 0 Å². The molecular weight excluding hydrogens is 498 g/mol. The average Bonchev–Trinajstić information content (AvgIpc) is 2.69. The summed E-state index contributed by atoms with van der Waals surface area (Å²) in [6.45, 7) is 0. The van der Waals surface area contributed by atoms with Crippen LogP contribution in [0.3, 0.4) is 0 Å². The van der Waals surface area contributed by atoms with Gasteiger partial charge in [0.05, 0.1) is 16.1 Å². The van der Waals surface area contributed by atoms with E-state index in [2.05, 4.69) is 26.0 Å². The van der Waals surface area contributed by atoms with Crippen molar-refractivity contribution in [1.82, 2.24) is 0 Å². The number of nitrogens with one attached hydrogen (secondary N) is 2. The molecule has 2 N–H and O–H groups in total. The molecule has 10 heteroatoms. The summed E-state index contributed by atoms with van der Waals surface area (Å²) < 4.78 is 53.3. The molecule has 3 aromatic carbocycles. The summed E-state index contributed by atoms with van der Waals surface area (Å²) in [7, 11) is -3.90. The average molecular weight is 513 g/mol. The van der Waals surface area contributed by atoms with Gasteiger partial charge in [-0.2, -0.15) is 8.78 Å². The maximum atomic E-state index is 12.7. The van der Waals surface area contributed by atoms with Crippen LogP contribution in [0.1, 0.15) is 10.4 Å². The Hall–Kier alpha value is -2.43. The Bertz CT molecular complexity index is 1140. The van der Waals surface area contributed by atoms with Crippen LogP contribution in [-0.4, -0.2) is 20.1 Å². The van der Waals surface area contributed by atoms with Crippen molar-refractivity contribution in [2.75, 3.05) is 10.0 Å². The van der Waals surface area contributed by atoms with Crippen molar-refractivity contribution in [2.24, 2.45) is 0 Å². The van der Waals surface area contributed by atoms with Crippen LogP contribution in [0.25, 0.3) is 0 Å². The fraction of sp³-hybridized carbons (Fsp3) is 0.0500. The van der Waals surface area contributed by atoms with Gasteiger partial charge in [-0.15, -0.1) is 0 Å². The Labute approximate surface area is 185 Å². The summed E-state index contributed by atoms with van der Waals surface area (Å²) in [5.74, 6) is -3.07. The molecule has 0 bridgehead atoms. The highest BCUT2D eigenvalue weighted by atomic mass is 79.9. The predicted octanol–water partition coefficient (Wildman–Crippen LogP) is 5.82. The van der Waals surface area contributed by atoms with Gasteiger partial charge in [0.1, 0.15) is 0 Å². The van der Waals surface area contributed by atoms with Crippen LogP contribution >= 0.6 is 27.7 Å². The van der Waals surface area contributed by atoms with Crippen molar-refractivity contribution < 1.29 is 22.0 Å². The number of hydrogen-bond donors (Lipinski definition) is 2. The van der Waals surface area contributed by atoms with Crippen molar-refractivity contribution >= 4 is 55.0 Å². The molecule has 0 aliphatic heterocycles. The number of benzene rings is 3. The molecule has 0 saturated carbocycles. The lowest BCUT2D eigenvalue weighted by atomic mass is 10.1. The molecule has 0 aliphatic rings. The first-order chi connectivity index (χ1) is 14.2. The van der Waals surface area contributed by atoms with Gasteiger partial charge in [-0.25, -0.2) is 8.42 Å². The van der Waals surface area contributed by atoms with Gasteiger partial charge in [-0.05, 0) is 60.7 Å². The van der Waals surface area contributed by atoms with Gasteiger partial charge in [0, 0.05) is 15.1 Å². The van der Waals surface area contributed by atoms with E-state index in [-0.39, 0.29) is 16.1 Å². The fourth-order valence-corrected chi connectivity index (χ4v) is 4.35. The topological polar surface area (TPSA) is 75.3 Å². The Morgan fingerprint density at radius 1 is 0.933 bits per heavy atom. The number of anilines is 2. The monoisotopic (exact) mass is 512 g/mol. The Kier molecular flexibility index (Phi) is 7.11. The zero-order chi connectivity index (χ0) is 21.7. The Balaban J connectivity index is 1.79. The molecule has 156 valence electrons. The molecule has 0 radical (unpaired) electrons. The van der Waals surface area contributed by atoms with E-state index in [0.717, 1.165) is 4.47 Å². The number of para-hydroxylation sites is 1. The second-order valence-electron chi connectivity index (χ2n) is 5.96. The number of alkyl halides is 2. The van der Waals surface area contributed by atoms with Crippen molar-refractivity contribution in [1.29, 1.82) is 0 Å². The molecule has 1 amide bonds. The highest BCUT2D eigenvalue weighted by Crippen LogP contribution is 2.27. The van der Waals surface area contributed by atoms with Crippen LogP contribution in [0.5, 0.6) is 0 Å². The Morgan fingerprint density at radius 2 is 1.57 bits per heavy atom. The number of sulfonamides is 1. The molecule has 0 aliphatic carbocycles. The van der Waals surface area contributed by atoms with Gasteiger partial charge in [0.25, 0.3) is 21.7 Å². The van der Waals surface area contributed by atoms with Gasteiger partial charge in [0.2, 0.25) is 0 Å². The minimum Gasteiger partial charge on any atom is -0.322 e. The molecule has 0 heterocycles. The molecule has 3 rings (SSSR count). The van der Waals surface area contributed by atoms with Gasteiger partial charge >= 0.3 is 0 Å². The van der Waals surface area contributed by atoms with E-state index < -0.39 is 21.7 Å². The lowest BCUT2D eigenvalue weighted by Gasteiger charge is -2.13. The zero-order valence-corrected chi connectivity index (χ0v) is 18.4.